The molecular weight excluding hydrogens is 330 g/mol. The Labute approximate surface area is 153 Å². The Hall–Kier alpha value is -2.41. The Kier molecular flexibility index (Phi) is 4.88. The van der Waals surface area contributed by atoms with Crippen molar-refractivity contribution in [1.82, 2.24) is 20.1 Å². The second-order valence-electron chi connectivity index (χ2n) is 7.31. The van der Waals surface area contributed by atoms with Gasteiger partial charge >= 0.3 is 0 Å². The zero-order chi connectivity index (χ0) is 17.9. The lowest BCUT2D eigenvalue weighted by atomic mass is 10.1. The van der Waals surface area contributed by atoms with Crippen LogP contribution in [0.3, 0.4) is 0 Å². The van der Waals surface area contributed by atoms with Gasteiger partial charge in [0, 0.05) is 43.9 Å². The van der Waals surface area contributed by atoms with Gasteiger partial charge < -0.3 is 15.3 Å². The first kappa shape index (κ1) is 17.0. The van der Waals surface area contributed by atoms with E-state index in [1.807, 2.05) is 29.1 Å². The van der Waals surface area contributed by atoms with Crippen LogP contribution in [-0.2, 0) is 6.54 Å². The molecule has 0 spiro atoms. The largest absolute Gasteiger partial charge is 0.391 e. The lowest BCUT2D eigenvalue weighted by Gasteiger charge is -2.19. The molecule has 138 valence electrons. The highest BCUT2D eigenvalue weighted by molar-refractivity contribution is 5.93. The van der Waals surface area contributed by atoms with Crippen molar-refractivity contribution in [2.24, 2.45) is 5.92 Å². The van der Waals surface area contributed by atoms with Gasteiger partial charge in [0.15, 0.2) is 0 Å². The topological polar surface area (TPSA) is 83.3 Å². The Morgan fingerprint density at radius 2 is 2.12 bits per heavy atom. The minimum Gasteiger partial charge on any atom is -0.391 e. The number of aromatic nitrogens is 3. The average Bonchev–Trinajstić information content (AvgIpc) is 3.39. The highest BCUT2D eigenvalue weighted by Gasteiger charge is 2.34. The number of hydrogen-bond acceptors (Lipinski definition) is 5. The average molecular weight is 355 g/mol. The standard InChI is InChI=1S/C19H25N5O2/c25-18-11-14(13-24-9-3-5-21-24)10-16(18)22-19(26)17-12-15(4-6-20-17)23-7-1-2-8-23/h3-6,9,12,14,16,18,25H,1-2,7-8,10-11,13H2,(H,22,26)/t14?,16-,18-/m1/s1. The van der Waals surface area contributed by atoms with E-state index in [-0.39, 0.29) is 11.9 Å². The fraction of sp³-hybridized carbons (Fsp3) is 0.526. The lowest BCUT2D eigenvalue weighted by molar-refractivity contribution is 0.0868. The van der Waals surface area contributed by atoms with Gasteiger partial charge in [-0.25, -0.2) is 0 Å². The first-order valence-corrected chi connectivity index (χ1v) is 9.36. The molecule has 2 aromatic rings. The Bertz CT molecular complexity index is 742. The van der Waals surface area contributed by atoms with Gasteiger partial charge in [-0.1, -0.05) is 0 Å². The van der Waals surface area contributed by atoms with E-state index in [0.29, 0.717) is 18.0 Å². The maximum atomic E-state index is 12.6. The van der Waals surface area contributed by atoms with Crippen molar-refractivity contribution in [3.8, 4) is 0 Å². The highest BCUT2D eigenvalue weighted by atomic mass is 16.3. The molecule has 2 fully saturated rings. The van der Waals surface area contributed by atoms with Gasteiger partial charge in [-0.15, -0.1) is 0 Å². The van der Waals surface area contributed by atoms with E-state index < -0.39 is 6.10 Å². The molecule has 7 nitrogen and oxygen atoms in total. The molecule has 0 aromatic carbocycles. The monoisotopic (exact) mass is 355 g/mol. The normalized spacial score (nSPS) is 25.6. The van der Waals surface area contributed by atoms with Gasteiger partial charge in [0.05, 0.1) is 12.1 Å². The van der Waals surface area contributed by atoms with Crippen molar-refractivity contribution in [3.63, 3.8) is 0 Å². The molecule has 1 saturated carbocycles. The maximum Gasteiger partial charge on any atom is 0.270 e. The fourth-order valence-electron chi connectivity index (χ4n) is 4.05. The molecule has 1 amide bonds. The van der Waals surface area contributed by atoms with Crippen LogP contribution < -0.4 is 10.2 Å². The Morgan fingerprint density at radius 3 is 2.88 bits per heavy atom. The van der Waals surface area contributed by atoms with Crippen LogP contribution in [-0.4, -0.2) is 51.0 Å². The Balaban J connectivity index is 1.37. The summed E-state index contributed by atoms with van der Waals surface area (Å²) in [6, 6.07) is 5.46. The molecular formula is C19H25N5O2. The van der Waals surface area contributed by atoms with Gasteiger partial charge in [-0.2, -0.15) is 5.10 Å². The van der Waals surface area contributed by atoms with E-state index in [4.69, 9.17) is 0 Å². The van der Waals surface area contributed by atoms with Crippen molar-refractivity contribution in [3.05, 3.63) is 42.5 Å². The number of aliphatic hydroxyl groups excluding tert-OH is 1. The molecule has 0 radical (unpaired) electrons. The second-order valence-corrected chi connectivity index (χ2v) is 7.31. The molecule has 1 aliphatic carbocycles. The van der Waals surface area contributed by atoms with Crippen LogP contribution in [0, 0.1) is 5.92 Å². The van der Waals surface area contributed by atoms with Crippen LogP contribution in [0.4, 0.5) is 5.69 Å². The van der Waals surface area contributed by atoms with E-state index >= 15 is 0 Å². The number of carbonyl (C=O) groups is 1. The zero-order valence-electron chi connectivity index (χ0n) is 14.8. The van der Waals surface area contributed by atoms with Crippen molar-refractivity contribution < 1.29 is 9.90 Å². The predicted octanol–water partition coefficient (Wildman–Crippen LogP) is 1.45. The molecule has 3 atom stereocenters. The summed E-state index contributed by atoms with van der Waals surface area (Å²) in [5.41, 5.74) is 1.46. The summed E-state index contributed by atoms with van der Waals surface area (Å²) in [5.74, 6) is 0.0916. The maximum absolute atomic E-state index is 12.6. The first-order valence-electron chi connectivity index (χ1n) is 9.36. The summed E-state index contributed by atoms with van der Waals surface area (Å²) in [6.07, 6.45) is 8.64. The third kappa shape index (κ3) is 3.72. The van der Waals surface area contributed by atoms with E-state index in [0.717, 1.165) is 31.7 Å². The SMILES string of the molecule is O=C(N[C@@H]1CC(Cn2cccn2)C[C@H]1O)c1cc(N2CCCC2)ccn1. The van der Waals surface area contributed by atoms with Gasteiger partial charge in [-0.05, 0) is 49.8 Å². The fourth-order valence-corrected chi connectivity index (χ4v) is 4.05. The van der Waals surface area contributed by atoms with E-state index in [1.165, 1.54) is 12.8 Å². The van der Waals surface area contributed by atoms with E-state index in [2.05, 4.69) is 20.3 Å². The number of amides is 1. The number of aliphatic hydroxyl groups is 1. The van der Waals surface area contributed by atoms with Crippen LogP contribution in [0.5, 0.6) is 0 Å². The summed E-state index contributed by atoms with van der Waals surface area (Å²) in [6.45, 7) is 2.82. The minimum atomic E-state index is -0.527. The highest BCUT2D eigenvalue weighted by Crippen LogP contribution is 2.28. The molecule has 26 heavy (non-hydrogen) atoms. The van der Waals surface area contributed by atoms with Crippen molar-refractivity contribution >= 4 is 11.6 Å². The van der Waals surface area contributed by atoms with Gasteiger partial charge in [0.1, 0.15) is 5.69 Å². The van der Waals surface area contributed by atoms with Crippen molar-refractivity contribution in [2.45, 2.75) is 44.4 Å². The van der Waals surface area contributed by atoms with Crippen LogP contribution in [0.25, 0.3) is 0 Å². The smallest absolute Gasteiger partial charge is 0.270 e. The number of anilines is 1. The molecule has 7 heteroatoms. The molecule has 1 saturated heterocycles. The number of pyridine rings is 1. The second kappa shape index (κ2) is 7.45. The third-order valence-electron chi connectivity index (χ3n) is 5.39. The quantitative estimate of drug-likeness (QED) is 0.848. The molecule has 3 heterocycles. The van der Waals surface area contributed by atoms with Crippen molar-refractivity contribution in [1.29, 1.82) is 0 Å². The molecule has 0 bridgehead atoms. The zero-order valence-corrected chi connectivity index (χ0v) is 14.8. The summed E-state index contributed by atoms with van der Waals surface area (Å²) in [7, 11) is 0. The van der Waals surface area contributed by atoms with Crippen LogP contribution in [0.15, 0.2) is 36.8 Å². The summed E-state index contributed by atoms with van der Waals surface area (Å²) >= 11 is 0. The molecule has 2 aromatic heterocycles. The summed E-state index contributed by atoms with van der Waals surface area (Å²) in [5, 5.41) is 17.5. The van der Waals surface area contributed by atoms with Gasteiger partial charge in [-0.3, -0.25) is 14.5 Å². The van der Waals surface area contributed by atoms with Gasteiger partial charge in [0.2, 0.25) is 0 Å². The number of hydrogen-bond donors (Lipinski definition) is 2. The number of carbonyl (C=O) groups excluding carboxylic acids is 1. The lowest BCUT2D eigenvalue weighted by Crippen LogP contribution is -2.40. The van der Waals surface area contributed by atoms with Crippen LogP contribution >= 0.6 is 0 Å². The summed E-state index contributed by atoms with van der Waals surface area (Å²) in [4.78, 5) is 19.1. The van der Waals surface area contributed by atoms with Crippen LogP contribution in [0.2, 0.25) is 0 Å². The van der Waals surface area contributed by atoms with E-state index in [9.17, 15) is 9.90 Å². The predicted molar refractivity (Wildman–Crippen MR) is 97.9 cm³/mol. The number of nitrogens with zero attached hydrogens (tertiary/aromatic N) is 4. The molecule has 2 aliphatic rings. The molecule has 1 unspecified atom stereocenters. The first-order chi connectivity index (χ1) is 12.7. The molecule has 2 N–H and O–H groups in total. The van der Waals surface area contributed by atoms with Crippen LogP contribution in [0.1, 0.15) is 36.2 Å². The van der Waals surface area contributed by atoms with Crippen molar-refractivity contribution in [2.75, 3.05) is 18.0 Å². The molecule has 4 rings (SSSR count). The number of rotatable bonds is 5. The Morgan fingerprint density at radius 1 is 1.27 bits per heavy atom. The molecule has 1 aliphatic heterocycles. The number of nitrogens with one attached hydrogen (secondary N) is 1. The minimum absolute atomic E-state index is 0.213. The third-order valence-corrected chi connectivity index (χ3v) is 5.39. The van der Waals surface area contributed by atoms with Gasteiger partial charge in [0.25, 0.3) is 5.91 Å². The summed E-state index contributed by atoms with van der Waals surface area (Å²) < 4.78 is 1.88. The van der Waals surface area contributed by atoms with E-state index in [1.54, 1.807) is 12.4 Å².